The second kappa shape index (κ2) is 10.6. The van der Waals surface area contributed by atoms with Gasteiger partial charge in [0.25, 0.3) is 0 Å². The first kappa shape index (κ1) is 23.7. The zero-order valence-corrected chi connectivity index (χ0v) is 19.2. The number of hydrogen-bond donors (Lipinski definition) is 4. The monoisotopic (exact) mass is 442 g/mol. The first-order valence-corrected chi connectivity index (χ1v) is 10.9. The standard InChI is InChI=1S/C15H16O2.C14H14O2/c1-10-9-12(7-8-14(10)16)11(2)13-5-3-4-6-15(13)17;1-10-8-11(6-7-13(10)15)9-12-4-2-3-5-14(12)16/h3-9,11,16-17H,1-2H3;2-8,15-16H,9H2,1H3. The highest BCUT2D eigenvalue weighted by Crippen LogP contribution is 2.32. The van der Waals surface area contributed by atoms with Crippen molar-refractivity contribution in [3.8, 4) is 23.0 Å². The van der Waals surface area contributed by atoms with E-state index in [1.807, 2.05) is 75.4 Å². The van der Waals surface area contributed by atoms with Crippen molar-refractivity contribution < 1.29 is 20.4 Å². The molecule has 4 aromatic carbocycles. The molecule has 0 radical (unpaired) electrons. The predicted molar refractivity (Wildman–Crippen MR) is 132 cm³/mol. The Morgan fingerprint density at radius 3 is 1.79 bits per heavy atom. The molecule has 33 heavy (non-hydrogen) atoms. The van der Waals surface area contributed by atoms with E-state index in [-0.39, 0.29) is 5.92 Å². The SMILES string of the molecule is Cc1cc(C(C)c2ccccc2O)ccc1O.Cc1cc(Cc2ccccc2O)ccc1O. The van der Waals surface area contributed by atoms with Crippen molar-refractivity contribution in [1.82, 2.24) is 0 Å². The fourth-order valence-corrected chi connectivity index (χ4v) is 3.69. The van der Waals surface area contributed by atoms with Gasteiger partial charge in [-0.3, -0.25) is 0 Å². The van der Waals surface area contributed by atoms with Gasteiger partial charge in [0.2, 0.25) is 0 Å². The quantitative estimate of drug-likeness (QED) is 0.289. The molecule has 0 bridgehead atoms. The van der Waals surface area contributed by atoms with Gasteiger partial charge in [0.05, 0.1) is 0 Å². The van der Waals surface area contributed by atoms with Gasteiger partial charge in [-0.05, 0) is 65.9 Å². The summed E-state index contributed by atoms with van der Waals surface area (Å²) in [5, 5.41) is 38.4. The summed E-state index contributed by atoms with van der Waals surface area (Å²) in [5.74, 6) is 1.34. The van der Waals surface area contributed by atoms with Crippen molar-refractivity contribution in [3.63, 3.8) is 0 Å². The molecule has 0 amide bonds. The minimum absolute atomic E-state index is 0.107. The molecular formula is C29H30O4. The van der Waals surface area contributed by atoms with Gasteiger partial charge in [0.1, 0.15) is 23.0 Å². The molecule has 1 atom stereocenters. The van der Waals surface area contributed by atoms with Crippen LogP contribution in [0.15, 0.2) is 84.9 Å². The highest BCUT2D eigenvalue weighted by molar-refractivity contribution is 5.44. The van der Waals surface area contributed by atoms with E-state index in [9.17, 15) is 20.4 Å². The van der Waals surface area contributed by atoms with Crippen LogP contribution in [-0.4, -0.2) is 20.4 Å². The largest absolute Gasteiger partial charge is 0.508 e. The smallest absolute Gasteiger partial charge is 0.119 e. The summed E-state index contributed by atoms with van der Waals surface area (Å²) >= 11 is 0. The van der Waals surface area contributed by atoms with E-state index in [0.29, 0.717) is 29.4 Å². The molecule has 4 N–H and O–H groups in total. The molecule has 0 aliphatic rings. The maximum Gasteiger partial charge on any atom is 0.119 e. The molecule has 0 aliphatic heterocycles. The Kier molecular flexibility index (Phi) is 7.62. The van der Waals surface area contributed by atoms with Crippen LogP contribution in [0.1, 0.15) is 46.2 Å². The zero-order chi connectivity index (χ0) is 24.0. The highest BCUT2D eigenvalue weighted by atomic mass is 16.3. The van der Waals surface area contributed by atoms with E-state index >= 15 is 0 Å². The number of para-hydroxylation sites is 2. The van der Waals surface area contributed by atoms with E-state index in [0.717, 1.165) is 33.4 Å². The molecular weight excluding hydrogens is 412 g/mol. The summed E-state index contributed by atoms with van der Waals surface area (Å²) in [4.78, 5) is 0. The second-order valence-corrected chi connectivity index (χ2v) is 8.25. The van der Waals surface area contributed by atoms with Gasteiger partial charge in [-0.2, -0.15) is 0 Å². The summed E-state index contributed by atoms with van der Waals surface area (Å²) in [5.41, 5.74) is 5.67. The Morgan fingerprint density at radius 2 is 1.18 bits per heavy atom. The molecule has 0 fully saturated rings. The number of aromatic hydroxyl groups is 4. The Bertz CT molecular complexity index is 1230. The molecule has 170 valence electrons. The Labute approximate surface area is 195 Å². The van der Waals surface area contributed by atoms with E-state index in [1.165, 1.54) is 0 Å². The van der Waals surface area contributed by atoms with Gasteiger partial charge in [-0.1, -0.05) is 67.6 Å². The average molecular weight is 443 g/mol. The lowest BCUT2D eigenvalue weighted by molar-refractivity contribution is 0.465. The van der Waals surface area contributed by atoms with E-state index in [1.54, 1.807) is 30.3 Å². The van der Waals surface area contributed by atoms with Crippen LogP contribution < -0.4 is 0 Å². The first-order valence-electron chi connectivity index (χ1n) is 10.9. The Hall–Kier alpha value is -3.92. The molecule has 4 heteroatoms. The molecule has 4 aromatic rings. The van der Waals surface area contributed by atoms with Crippen molar-refractivity contribution in [3.05, 3.63) is 118 Å². The van der Waals surface area contributed by atoms with Crippen molar-refractivity contribution in [1.29, 1.82) is 0 Å². The van der Waals surface area contributed by atoms with Crippen molar-refractivity contribution in [2.45, 2.75) is 33.1 Å². The normalized spacial score (nSPS) is 11.4. The molecule has 4 nitrogen and oxygen atoms in total. The number of benzene rings is 4. The summed E-state index contributed by atoms with van der Waals surface area (Å²) in [6, 6.07) is 25.7. The minimum Gasteiger partial charge on any atom is -0.508 e. The van der Waals surface area contributed by atoms with Crippen LogP contribution >= 0.6 is 0 Å². The van der Waals surface area contributed by atoms with Gasteiger partial charge in [0, 0.05) is 17.9 Å². The molecule has 0 heterocycles. The molecule has 0 spiro atoms. The van der Waals surface area contributed by atoms with Gasteiger partial charge in [-0.25, -0.2) is 0 Å². The van der Waals surface area contributed by atoms with Crippen LogP contribution in [0.4, 0.5) is 0 Å². The van der Waals surface area contributed by atoms with E-state index in [2.05, 4.69) is 0 Å². The second-order valence-electron chi connectivity index (χ2n) is 8.25. The van der Waals surface area contributed by atoms with Crippen LogP contribution in [0, 0.1) is 13.8 Å². The fraction of sp³-hybridized carbons (Fsp3) is 0.172. The van der Waals surface area contributed by atoms with Gasteiger partial charge in [-0.15, -0.1) is 0 Å². The molecule has 0 aliphatic carbocycles. The molecule has 0 saturated carbocycles. The number of phenols is 4. The topological polar surface area (TPSA) is 80.9 Å². The van der Waals surface area contributed by atoms with E-state index in [4.69, 9.17) is 0 Å². The number of aryl methyl sites for hydroxylation is 2. The van der Waals surface area contributed by atoms with Crippen molar-refractivity contribution in [2.75, 3.05) is 0 Å². The summed E-state index contributed by atoms with van der Waals surface area (Å²) in [6.45, 7) is 5.78. The molecule has 4 rings (SSSR count). The van der Waals surface area contributed by atoms with Gasteiger partial charge in [0.15, 0.2) is 0 Å². The summed E-state index contributed by atoms with van der Waals surface area (Å²) < 4.78 is 0. The lowest BCUT2D eigenvalue weighted by Crippen LogP contribution is -1.96. The predicted octanol–water partition coefficient (Wildman–Crippen LogP) is 6.56. The lowest BCUT2D eigenvalue weighted by Gasteiger charge is -2.15. The fourth-order valence-electron chi connectivity index (χ4n) is 3.69. The lowest BCUT2D eigenvalue weighted by atomic mass is 9.91. The highest BCUT2D eigenvalue weighted by Gasteiger charge is 2.12. The van der Waals surface area contributed by atoms with Crippen LogP contribution in [0.3, 0.4) is 0 Å². The minimum atomic E-state index is 0.107. The van der Waals surface area contributed by atoms with Crippen LogP contribution in [0.5, 0.6) is 23.0 Å². The third-order valence-electron chi connectivity index (χ3n) is 5.77. The third kappa shape index (κ3) is 6.07. The first-order chi connectivity index (χ1) is 15.8. The van der Waals surface area contributed by atoms with Crippen LogP contribution in [-0.2, 0) is 6.42 Å². The molecule has 0 aromatic heterocycles. The Morgan fingerprint density at radius 1 is 0.606 bits per heavy atom. The molecule has 0 saturated heterocycles. The Balaban J connectivity index is 0.000000186. The molecule has 1 unspecified atom stereocenters. The zero-order valence-electron chi connectivity index (χ0n) is 19.2. The summed E-state index contributed by atoms with van der Waals surface area (Å²) in [6.07, 6.45) is 0.674. The van der Waals surface area contributed by atoms with Crippen LogP contribution in [0.25, 0.3) is 0 Å². The maximum absolute atomic E-state index is 9.82. The van der Waals surface area contributed by atoms with Crippen molar-refractivity contribution in [2.24, 2.45) is 0 Å². The average Bonchev–Trinajstić information content (AvgIpc) is 2.80. The number of hydrogen-bond acceptors (Lipinski definition) is 4. The van der Waals surface area contributed by atoms with Crippen molar-refractivity contribution >= 4 is 0 Å². The number of phenolic OH excluding ortho intramolecular Hbond substituents is 4. The van der Waals surface area contributed by atoms with E-state index < -0.39 is 0 Å². The van der Waals surface area contributed by atoms with Gasteiger partial charge < -0.3 is 20.4 Å². The third-order valence-corrected chi connectivity index (χ3v) is 5.77. The summed E-state index contributed by atoms with van der Waals surface area (Å²) in [7, 11) is 0. The maximum atomic E-state index is 9.82. The van der Waals surface area contributed by atoms with Crippen LogP contribution in [0.2, 0.25) is 0 Å². The van der Waals surface area contributed by atoms with Gasteiger partial charge >= 0.3 is 0 Å². The number of rotatable bonds is 4.